The zero-order chi connectivity index (χ0) is 14.0. The van der Waals surface area contributed by atoms with Gasteiger partial charge in [-0.1, -0.05) is 6.92 Å². The molecule has 0 aromatic heterocycles. The van der Waals surface area contributed by atoms with E-state index in [1.807, 2.05) is 6.92 Å². The van der Waals surface area contributed by atoms with Crippen LogP contribution in [0.15, 0.2) is 0 Å². The minimum absolute atomic E-state index is 0.0448. The number of hydrogen-bond acceptors (Lipinski definition) is 6. The predicted octanol–water partition coefficient (Wildman–Crippen LogP) is 0.786. The molecule has 1 fully saturated rings. The van der Waals surface area contributed by atoms with E-state index >= 15 is 0 Å². The largest absolute Gasteiger partial charge is 0.481 e. The second-order valence-electron chi connectivity index (χ2n) is 3.92. The highest BCUT2D eigenvalue weighted by atomic mass is 31.3. The molecule has 1 aliphatic heterocycles. The van der Waals surface area contributed by atoms with Gasteiger partial charge in [0, 0.05) is 13.1 Å². The van der Waals surface area contributed by atoms with Gasteiger partial charge in [-0.05, 0) is 12.3 Å². The predicted molar refractivity (Wildman–Crippen MR) is 61.9 cm³/mol. The van der Waals surface area contributed by atoms with Crippen LogP contribution in [0.3, 0.4) is 0 Å². The first-order chi connectivity index (χ1) is 8.15. The van der Waals surface area contributed by atoms with Crippen LogP contribution in [-0.4, -0.2) is 43.5 Å². The normalized spacial score (nSPS) is 35.0. The Labute approximate surface area is 106 Å². The van der Waals surface area contributed by atoms with E-state index in [1.54, 1.807) is 0 Å². The number of phosphoric acid groups is 2. The first kappa shape index (κ1) is 16.3. The van der Waals surface area contributed by atoms with Gasteiger partial charge in [-0.2, -0.15) is 4.31 Å². The van der Waals surface area contributed by atoms with Crippen LogP contribution in [0.2, 0.25) is 0 Å². The van der Waals surface area contributed by atoms with E-state index in [0.29, 0.717) is 6.42 Å². The van der Waals surface area contributed by atoms with Gasteiger partial charge < -0.3 is 14.5 Å². The number of hydrogen-bond donors (Lipinski definition) is 2. The third-order valence-electron chi connectivity index (χ3n) is 2.43. The maximum absolute atomic E-state index is 11.3. The van der Waals surface area contributed by atoms with Crippen molar-refractivity contribution in [2.45, 2.75) is 25.5 Å². The highest BCUT2D eigenvalue weighted by Crippen LogP contribution is 2.60. The van der Waals surface area contributed by atoms with Crippen molar-refractivity contribution in [1.29, 1.82) is 0 Å². The maximum atomic E-state index is 11.3. The van der Waals surface area contributed by atoms with Crippen molar-refractivity contribution < 1.29 is 37.0 Å². The zero-order valence-electron chi connectivity index (χ0n) is 9.96. The molecule has 1 aliphatic rings. The van der Waals surface area contributed by atoms with Crippen LogP contribution in [0.1, 0.15) is 13.3 Å². The molecule has 0 saturated carbocycles. The quantitative estimate of drug-likeness (QED) is 0.547. The van der Waals surface area contributed by atoms with Gasteiger partial charge >= 0.3 is 15.6 Å². The van der Waals surface area contributed by atoms with E-state index in [4.69, 9.17) is 17.5 Å². The lowest BCUT2D eigenvalue weighted by atomic mass is 9.92. The van der Waals surface area contributed by atoms with Crippen molar-refractivity contribution in [3.8, 4) is 0 Å². The fourth-order valence-electron chi connectivity index (χ4n) is 1.49. The molecular formula is C7H15BO8P2. The summed E-state index contributed by atoms with van der Waals surface area (Å²) in [5, 5.41) is 0. The van der Waals surface area contributed by atoms with E-state index in [0.717, 1.165) is 7.11 Å². The molecule has 0 aliphatic carbocycles. The summed E-state index contributed by atoms with van der Waals surface area (Å²) < 4.78 is 40.1. The Bertz CT molecular complexity index is 376. The highest BCUT2D eigenvalue weighted by Gasteiger charge is 2.37. The maximum Gasteiger partial charge on any atom is 0.481 e. The van der Waals surface area contributed by atoms with Crippen molar-refractivity contribution in [3.63, 3.8) is 0 Å². The van der Waals surface area contributed by atoms with Crippen LogP contribution >= 0.6 is 15.6 Å². The van der Waals surface area contributed by atoms with E-state index in [9.17, 15) is 14.0 Å². The molecule has 5 atom stereocenters. The van der Waals surface area contributed by atoms with Gasteiger partial charge in [0.25, 0.3) is 0 Å². The fourth-order valence-corrected chi connectivity index (χ4v) is 3.32. The minimum atomic E-state index is -4.69. The van der Waals surface area contributed by atoms with Crippen molar-refractivity contribution in [2.75, 3.05) is 13.7 Å². The fraction of sp³-hybridized carbons (Fsp3) is 1.00. The van der Waals surface area contributed by atoms with Crippen LogP contribution in [0, 0.1) is 5.92 Å². The van der Waals surface area contributed by atoms with E-state index in [1.165, 1.54) is 0 Å². The number of ether oxygens (including phenoxy) is 1. The number of rotatable bonds is 6. The van der Waals surface area contributed by atoms with Crippen molar-refractivity contribution in [1.82, 2.24) is 0 Å². The molecule has 0 bridgehead atoms. The molecule has 0 aromatic rings. The number of phosphoric ester groups is 2. The Hall–Kier alpha value is 0.285. The SMILES string of the molecule is [B][C@H]1CC(C)[C@@H](COP(=O)(O)OP(=O)(O)OC)O1. The molecule has 18 heavy (non-hydrogen) atoms. The smallest absolute Gasteiger partial charge is 0.382 e. The zero-order valence-corrected chi connectivity index (χ0v) is 11.8. The summed E-state index contributed by atoms with van der Waals surface area (Å²) in [7, 11) is -2.88. The Morgan fingerprint density at radius 1 is 1.39 bits per heavy atom. The average molecular weight is 300 g/mol. The summed E-state index contributed by atoms with van der Waals surface area (Å²) in [5.41, 5.74) is 0. The summed E-state index contributed by atoms with van der Waals surface area (Å²) in [6.45, 7) is 1.57. The molecule has 2 N–H and O–H groups in total. The van der Waals surface area contributed by atoms with E-state index in [2.05, 4.69) is 13.4 Å². The second kappa shape index (κ2) is 6.16. The summed E-state index contributed by atoms with van der Waals surface area (Å²) in [5.74, 6) is 0.0448. The molecule has 3 unspecified atom stereocenters. The topological polar surface area (TPSA) is 112 Å². The lowest BCUT2D eigenvalue weighted by Crippen LogP contribution is -2.21. The van der Waals surface area contributed by atoms with Crippen LogP contribution in [0.4, 0.5) is 0 Å². The molecule has 2 radical (unpaired) electrons. The molecule has 1 saturated heterocycles. The Morgan fingerprint density at radius 3 is 2.44 bits per heavy atom. The lowest BCUT2D eigenvalue weighted by molar-refractivity contribution is 0.0269. The first-order valence-electron chi connectivity index (χ1n) is 5.13. The standard InChI is InChI=1S/C7H15BO8P2/c1-5-3-7(8)15-6(5)4-14-18(11,12)16-17(9,10)13-2/h5-7H,3-4H2,1-2H3,(H,9,10)(H,11,12)/t5?,6-,7-/m1/s1. The van der Waals surface area contributed by atoms with Crippen LogP contribution in [-0.2, 0) is 27.2 Å². The van der Waals surface area contributed by atoms with E-state index in [-0.39, 0.29) is 12.5 Å². The monoisotopic (exact) mass is 300 g/mol. The van der Waals surface area contributed by atoms with Crippen LogP contribution < -0.4 is 0 Å². The molecule has 0 spiro atoms. The van der Waals surface area contributed by atoms with Gasteiger partial charge in [-0.15, -0.1) is 0 Å². The summed E-state index contributed by atoms with van der Waals surface area (Å²) >= 11 is 0. The first-order valence-corrected chi connectivity index (χ1v) is 8.12. The van der Waals surface area contributed by atoms with Crippen molar-refractivity contribution in [3.05, 3.63) is 0 Å². The van der Waals surface area contributed by atoms with Gasteiger partial charge in [0.2, 0.25) is 0 Å². The summed E-state index contributed by atoms with van der Waals surface area (Å²) in [6.07, 6.45) is 0.131. The van der Waals surface area contributed by atoms with Crippen molar-refractivity contribution in [2.24, 2.45) is 5.92 Å². The molecule has 8 nitrogen and oxygen atoms in total. The molecular weight excluding hydrogens is 285 g/mol. The van der Waals surface area contributed by atoms with Crippen LogP contribution in [0.25, 0.3) is 0 Å². The molecule has 0 amide bonds. The third-order valence-corrected chi connectivity index (χ3v) is 5.02. The summed E-state index contributed by atoms with van der Waals surface area (Å²) in [4.78, 5) is 18.1. The van der Waals surface area contributed by atoms with Gasteiger partial charge in [-0.3, -0.25) is 9.05 Å². The highest BCUT2D eigenvalue weighted by molar-refractivity contribution is 7.61. The van der Waals surface area contributed by atoms with Crippen LogP contribution in [0.5, 0.6) is 0 Å². The van der Waals surface area contributed by atoms with Gasteiger partial charge in [-0.25, -0.2) is 9.13 Å². The third kappa shape index (κ3) is 5.11. The Balaban J connectivity index is 2.47. The van der Waals surface area contributed by atoms with E-state index < -0.39 is 27.8 Å². The minimum Gasteiger partial charge on any atom is -0.382 e. The molecule has 1 heterocycles. The van der Waals surface area contributed by atoms with Gasteiger partial charge in [0.05, 0.1) is 12.7 Å². The van der Waals surface area contributed by atoms with Crippen molar-refractivity contribution >= 4 is 23.5 Å². The molecule has 0 aromatic carbocycles. The Kier molecular flexibility index (Phi) is 5.59. The lowest BCUT2D eigenvalue weighted by Gasteiger charge is -2.18. The summed E-state index contributed by atoms with van der Waals surface area (Å²) in [6, 6.07) is -0.449. The van der Waals surface area contributed by atoms with Gasteiger partial charge in [0.1, 0.15) is 7.85 Å². The average Bonchev–Trinajstić information content (AvgIpc) is 2.53. The molecule has 104 valence electrons. The van der Waals surface area contributed by atoms with Gasteiger partial charge in [0.15, 0.2) is 0 Å². The second-order valence-corrected chi connectivity index (χ2v) is 7.07. The molecule has 1 rings (SSSR count). The Morgan fingerprint density at radius 2 is 2.00 bits per heavy atom. The molecule has 11 heteroatoms.